The molecule has 3 atom stereocenters. The van der Waals surface area contributed by atoms with E-state index in [0.29, 0.717) is 11.8 Å². The summed E-state index contributed by atoms with van der Waals surface area (Å²) in [4.78, 5) is 9.53. The Hall–Kier alpha value is -0.960. The lowest BCUT2D eigenvalue weighted by Gasteiger charge is -2.16. The zero-order chi connectivity index (χ0) is 14.7. The topological polar surface area (TPSA) is 37.8 Å². The molecule has 1 saturated carbocycles. The van der Waals surface area contributed by atoms with Crippen LogP contribution < -0.4 is 5.32 Å². The molecule has 0 aromatic carbocycles. The molecule has 1 aromatic heterocycles. The molecule has 0 aliphatic heterocycles. The van der Waals surface area contributed by atoms with E-state index in [-0.39, 0.29) is 0 Å². The Balaban J connectivity index is 2.00. The summed E-state index contributed by atoms with van der Waals surface area (Å²) in [6, 6.07) is 0. The van der Waals surface area contributed by atoms with Crippen LogP contribution in [0.5, 0.6) is 0 Å². The van der Waals surface area contributed by atoms with Crippen LogP contribution in [0.15, 0.2) is 0 Å². The zero-order valence-corrected chi connectivity index (χ0v) is 13.7. The van der Waals surface area contributed by atoms with Crippen molar-refractivity contribution in [3.05, 3.63) is 22.8 Å². The fourth-order valence-corrected chi connectivity index (χ4v) is 2.85. The van der Waals surface area contributed by atoms with Gasteiger partial charge in [0.15, 0.2) is 0 Å². The SMILES string of the molecule is CCCNCC(C)Cc1c(C)nc(C2CC2C)nc1C. The first-order valence-electron chi connectivity index (χ1n) is 8.07. The minimum Gasteiger partial charge on any atom is -0.316 e. The van der Waals surface area contributed by atoms with Crippen LogP contribution in [0.2, 0.25) is 0 Å². The number of nitrogens with zero attached hydrogens (tertiary/aromatic N) is 2. The predicted octanol–water partition coefficient (Wildman–Crippen LogP) is 3.40. The van der Waals surface area contributed by atoms with Gasteiger partial charge in [0.1, 0.15) is 5.82 Å². The lowest BCUT2D eigenvalue weighted by atomic mass is 9.98. The van der Waals surface area contributed by atoms with Crippen molar-refractivity contribution in [2.75, 3.05) is 13.1 Å². The number of hydrogen-bond donors (Lipinski definition) is 1. The molecule has 3 heteroatoms. The number of nitrogens with one attached hydrogen (secondary N) is 1. The van der Waals surface area contributed by atoms with Crippen molar-refractivity contribution in [1.29, 1.82) is 0 Å². The monoisotopic (exact) mass is 275 g/mol. The van der Waals surface area contributed by atoms with Crippen molar-refractivity contribution in [3.63, 3.8) is 0 Å². The van der Waals surface area contributed by atoms with Gasteiger partial charge in [0, 0.05) is 17.3 Å². The molecule has 112 valence electrons. The van der Waals surface area contributed by atoms with E-state index in [1.54, 1.807) is 0 Å². The molecule has 3 unspecified atom stereocenters. The van der Waals surface area contributed by atoms with E-state index in [1.165, 1.54) is 29.8 Å². The van der Waals surface area contributed by atoms with Gasteiger partial charge in [-0.3, -0.25) is 0 Å². The van der Waals surface area contributed by atoms with Crippen molar-refractivity contribution in [3.8, 4) is 0 Å². The van der Waals surface area contributed by atoms with Gasteiger partial charge < -0.3 is 5.32 Å². The summed E-state index contributed by atoms with van der Waals surface area (Å²) in [5, 5.41) is 3.50. The summed E-state index contributed by atoms with van der Waals surface area (Å²) < 4.78 is 0. The Bertz CT molecular complexity index is 433. The van der Waals surface area contributed by atoms with Crippen LogP contribution in [0.4, 0.5) is 0 Å². The van der Waals surface area contributed by atoms with E-state index in [2.05, 4.69) is 39.9 Å². The van der Waals surface area contributed by atoms with Crippen molar-refractivity contribution in [1.82, 2.24) is 15.3 Å². The lowest BCUT2D eigenvalue weighted by molar-refractivity contribution is 0.506. The third-order valence-electron chi connectivity index (χ3n) is 4.35. The zero-order valence-electron chi connectivity index (χ0n) is 13.7. The van der Waals surface area contributed by atoms with Crippen molar-refractivity contribution in [2.45, 2.75) is 59.8 Å². The molecule has 0 radical (unpaired) electrons. The Morgan fingerprint density at radius 3 is 2.35 bits per heavy atom. The van der Waals surface area contributed by atoms with Gasteiger partial charge in [-0.1, -0.05) is 20.8 Å². The van der Waals surface area contributed by atoms with Crippen LogP contribution in [-0.2, 0) is 6.42 Å². The maximum absolute atomic E-state index is 4.76. The Morgan fingerprint density at radius 1 is 1.25 bits per heavy atom. The quantitative estimate of drug-likeness (QED) is 0.775. The van der Waals surface area contributed by atoms with E-state index in [1.807, 2.05) is 0 Å². The van der Waals surface area contributed by atoms with E-state index in [0.717, 1.165) is 31.3 Å². The average Bonchev–Trinajstić information content (AvgIpc) is 3.11. The summed E-state index contributed by atoms with van der Waals surface area (Å²) >= 11 is 0. The lowest BCUT2D eigenvalue weighted by Crippen LogP contribution is -2.23. The van der Waals surface area contributed by atoms with Gasteiger partial charge in [0.05, 0.1) is 0 Å². The number of aromatic nitrogens is 2. The summed E-state index contributed by atoms with van der Waals surface area (Å²) in [6.07, 6.45) is 3.53. The summed E-state index contributed by atoms with van der Waals surface area (Å²) in [7, 11) is 0. The Kier molecular flexibility index (Phi) is 5.14. The van der Waals surface area contributed by atoms with Gasteiger partial charge in [-0.25, -0.2) is 9.97 Å². The average molecular weight is 275 g/mol. The van der Waals surface area contributed by atoms with Crippen LogP contribution in [-0.4, -0.2) is 23.1 Å². The van der Waals surface area contributed by atoms with E-state index >= 15 is 0 Å². The van der Waals surface area contributed by atoms with Gasteiger partial charge in [0.2, 0.25) is 0 Å². The molecule has 1 N–H and O–H groups in total. The van der Waals surface area contributed by atoms with Crippen LogP contribution in [0.1, 0.15) is 62.3 Å². The molecule has 1 aliphatic carbocycles. The molecular weight excluding hydrogens is 246 g/mol. The molecule has 0 saturated heterocycles. The minimum atomic E-state index is 0.616. The molecular formula is C17H29N3. The molecule has 0 amide bonds. The molecule has 2 rings (SSSR count). The van der Waals surface area contributed by atoms with Crippen LogP contribution >= 0.6 is 0 Å². The summed E-state index contributed by atoms with van der Waals surface area (Å²) in [6.45, 7) is 13.3. The van der Waals surface area contributed by atoms with Crippen molar-refractivity contribution < 1.29 is 0 Å². The third-order valence-corrected chi connectivity index (χ3v) is 4.35. The van der Waals surface area contributed by atoms with Gasteiger partial charge in [-0.2, -0.15) is 0 Å². The highest BCUT2D eigenvalue weighted by molar-refractivity contribution is 5.27. The molecule has 1 aromatic rings. The van der Waals surface area contributed by atoms with Gasteiger partial charge in [-0.15, -0.1) is 0 Å². The number of hydrogen-bond acceptors (Lipinski definition) is 3. The highest BCUT2D eigenvalue weighted by atomic mass is 14.9. The fraction of sp³-hybridized carbons (Fsp3) is 0.765. The second-order valence-electron chi connectivity index (χ2n) is 6.56. The smallest absolute Gasteiger partial charge is 0.132 e. The predicted molar refractivity (Wildman–Crippen MR) is 84.1 cm³/mol. The summed E-state index contributed by atoms with van der Waals surface area (Å²) in [5.74, 6) is 3.10. The van der Waals surface area contributed by atoms with Gasteiger partial charge >= 0.3 is 0 Å². The number of rotatable bonds is 7. The molecule has 1 aliphatic rings. The van der Waals surface area contributed by atoms with Gasteiger partial charge in [0.25, 0.3) is 0 Å². The largest absolute Gasteiger partial charge is 0.316 e. The first-order valence-corrected chi connectivity index (χ1v) is 8.07. The van der Waals surface area contributed by atoms with Crippen LogP contribution in [0.25, 0.3) is 0 Å². The Morgan fingerprint density at radius 2 is 1.85 bits per heavy atom. The van der Waals surface area contributed by atoms with Crippen molar-refractivity contribution in [2.24, 2.45) is 11.8 Å². The molecule has 0 bridgehead atoms. The second kappa shape index (κ2) is 6.66. The molecule has 0 spiro atoms. The Labute approximate surface area is 123 Å². The molecule has 1 fully saturated rings. The summed E-state index contributed by atoms with van der Waals surface area (Å²) in [5.41, 5.74) is 3.73. The first-order chi connectivity index (χ1) is 9.52. The van der Waals surface area contributed by atoms with E-state index in [9.17, 15) is 0 Å². The normalized spacial score (nSPS) is 22.9. The third kappa shape index (κ3) is 3.78. The first kappa shape index (κ1) is 15.4. The van der Waals surface area contributed by atoms with E-state index in [4.69, 9.17) is 9.97 Å². The van der Waals surface area contributed by atoms with Crippen molar-refractivity contribution >= 4 is 0 Å². The molecule has 3 nitrogen and oxygen atoms in total. The highest BCUT2D eigenvalue weighted by Gasteiger charge is 2.37. The highest BCUT2D eigenvalue weighted by Crippen LogP contribution is 2.45. The standard InChI is InChI=1S/C17H29N3/c1-6-7-18-10-11(2)8-16-13(4)19-17(20-14(16)5)15-9-12(15)3/h11-12,15,18H,6-10H2,1-5H3. The molecule has 20 heavy (non-hydrogen) atoms. The maximum Gasteiger partial charge on any atom is 0.132 e. The van der Waals surface area contributed by atoms with E-state index < -0.39 is 0 Å². The van der Waals surface area contributed by atoms with Crippen LogP contribution in [0.3, 0.4) is 0 Å². The van der Waals surface area contributed by atoms with Gasteiger partial charge in [-0.05, 0) is 63.6 Å². The minimum absolute atomic E-state index is 0.616. The fourth-order valence-electron chi connectivity index (χ4n) is 2.85. The maximum atomic E-state index is 4.76. The van der Waals surface area contributed by atoms with Crippen LogP contribution in [0, 0.1) is 25.7 Å². The second-order valence-corrected chi connectivity index (χ2v) is 6.56. The molecule has 1 heterocycles. The number of aryl methyl sites for hydroxylation is 2.